The molecule has 0 unspecified atom stereocenters. The van der Waals surface area contributed by atoms with Gasteiger partial charge >= 0.3 is 0 Å². The lowest BCUT2D eigenvalue weighted by atomic mass is 9.74. The molecular formula is C20H25NO4S. The molecule has 1 aliphatic carbocycles. The van der Waals surface area contributed by atoms with E-state index < -0.39 is 9.84 Å². The zero-order valence-corrected chi connectivity index (χ0v) is 16.4. The molecule has 5 nitrogen and oxygen atoms in total. The first-order chi connectivity index (χ1) is 12.1. The van der Waals surface area contributed by atoms with Crippen LogP contribution in [0.1, 0.15) is 60.7 Å². The van der Waals surface area contributed by atoms with Crippen molar-refractivity contribution in [3.8, 4) is 0 Å². The number of carbonyl (C=O) groups is 1. The lowest BCUT2D eigenvalue weighted by Gasteiger charge is -2.34. The fourth-order valence-corrected chi connectivity index (χ4v) is 4.72. The van der Waals surface area contributed by atoms with Gasteiger partial charge < -0.3 is 9.73 Å². The summed E-state index contributed by atoms with van der Waals surface area (Å²) in [6, 6.07) is 8.14. The number of hydrogen-bond donors (Lipinski definition) is 1. The van der Waals surface area contributed by atoms with Crippen molar-refractivity contribution in [1.29, 1.82) is 0 Å². The van der Waals surface area contributed by atoms with Crippen molar-refractivity contribution in [3.05, 3.63) is 53.0 Å². The van der Waals surface area contributed by atoms with Crippen LogP contribution in [0.2, 0.25) is 0 Å². The highest BCUT2D eigenvalue weighted by molar-refractivity contribution is 7.91. The molecule has 0 bridgehead atoms. The fourth-order valence-electron chi connectivity index (χ4n) is 3.63. The normalized spacial score (nSPS) is 19.0. The van der Waals surface area contributed by atoms with Crippen molar-refractivity contribution in [2.24, 2.45) is 5.41 Å². The minimum atomic E-state index is -3.47. The van der Waals surface area contributed by atoms with Gasteiger partial charge in [0.25, 0.3) is 5.91 Å². The van der Waals surface area contributed by atoms with Gasteiger partial charge in [-0.25, -0.2) is 8.42 Å². The number of furan rings is 1. The Labute approximate surface area is 154 Å². The largest absolute Gasteiger partial charge is 0.466 e. The van der Waals surface area contributed by atoms with Gasteiger partial charge in [-0.2, -0.15) is 0 Å². The van der Waals surface area contributed by atoms with Crippen LogP contribution in [0.25, 0.3) is 0 Å². The summed E-state index contributed by atoms with van der Waals surface area (Å²) < 4.78 is 30.5. The molecule has 3 rings (SSSR count). The van der Waals surface area contributed by atoms with Gasteiger partial charge in [0.15, 0.2) is 9.84 Å². The Morgan fingerprint density at radius 1 is 1.31 bits per heavy atom. The van der Waals surface area contributed by atoms with Crippen LogP contribution >= 0.6 is 0 Å². The number of amides is 1. The highest BCUT2D eigenvalue weighted by Crippen LogP contribution is 2.42. The third-order valence-corrected chi connectivity index (χ3v) is 6.67. The topological polar surface area (TPSA) is 76.4 Å². The summed E-state index contributed by atoms with van der Waals surface area (Å²) in [5.41, 5.74) is 1.18. The number of sulfone groups is 1. The molecule has 0 saturated heterocycles. The van der Waals surface area contributed by atoms with Crippen molar-refractivity contribution >= 4 is 15.7 Å². The van der Waals surface area contributed by atoms with Crippen LogP contribution < -0.4 is 5.32 Å². The summed E-state index contributed by atoms with van der Waals surface area (Å²) in [6.45, 7) is 7.76. The van der Waals surface area contributed by atoms with Crippen LogP contribution in [-0.2, 0) is 16.3 Å². The Bertz CT molecular complexity index is 940. The first-order valence-corrected chi connectivity index (χ1v) is 10.5. The van der Waals surface area contributed by atoms with E-state index in [1.165, 1.54) is 6.07 Å². The molecule has 2 aromatic rings. The zero-order valence-electron chi connectivity index (χ0n) is 15.6. The predicted octanol–water partition coefficient (Wildman–Crippen LogP) is 3.83. The van der Waals surface area contributed by atoms with Crippen molar-refractivity contribution in [2.75, 3.05) is 5.75 Å². The average Bonchev–Trinajstić information content (AvgIpc) is 2.93. The number of carbonyl (C=O) groups excluding carboxylic acids is 1. The van der Waals surface area contributed by atoms with E-state index in [0.717, 1.165) is 29.9 Å². The Kier molecular flexibility index (Phi) is 4.73. The molecule has 1 aromatic carbocycles. The van der Waals surface area contributed by atoms with Gasteiger partial charge in [0.05, 0.1) is 22.3 Å². The van der Waals surface area contributed by atoms with Gasteiger partial charge in [-0.05, 0) is 37.0 Å². The third kappa shape index (κ3) is 3.56. The third-order valence-electron chi connectivity index (χ3n) is 4.89. The molecule has 1 aromatic heterocycles. The number of nitrogens with one attached hydrogen (secondary N) is 1. The number of aryl methyl sites for hydroxylation is 1. The highest BCUT2D eigenvalue weighted by atomic mass is 32.2. The summed E-state index contributed by atoms with van der Waals surface area (Å²) in [4.78, 5) is 13.0. The van der Waals surface area contributed by atoms with E-state index in [9.17, 15) is 13.2 Å². The molecule has 1 heterocycles. The minimum Gasteiger partial charge on any atom is -0.466 e. The van der Waals surface area contributed by atoms with E-state index in [0.29, 0.717) is 0 Å². The van der Waals surface area contributed by atoms with Crippen molar-refractivity contribution in [1.82, 2.24) is 5.32 Å². The van der Waals surface area contributed by atoms with E-state index in [2.05, 4.69) is 19.2 Å². The van der Waals surface area contributed by atoms with Crippen molar-refractivity contribution in [2.45, 2.75) is 51.5 Å². The van der Waals surface area contributed by atoms with Gasteiger partial charge in [0, 0.05) is 12.0 Å². The fraction of sp³-hybridized carbons (Fsp3) is 0.450. The van der Waals surface area contributed by atoms with Crippen LogP contribution in [0.3, 0.4) is 0 Å². The summed E-state index contributed by atoms with van der Waals surface area (Å²) in [5, 5.41) is 3.03. The maximum atomic E-state index is 12.9. The summed E-state index contributed by atoms with van der Waals surface area (Å²) in [6.07, 6.45) is 1.59. The Balaban J connectivity index is 1.94. The molecule has 1 N–H and O–H groups in total. The Morgan fingerprint density at radius 3 is 2.69 bits per heavy atom. The monoisotopic (exact) mass is 375 g/mol. The predicted molar refractivity (Wildman–Crippen MR) is 99.9 cm³/mol. The van der Waals surface area contributed by atoms with Crippen LogP contribution in [-0.4, -0.2) is 20.1 Å². The second-order valence-electron chi connectivity index (χ2n) is 7.71. The molecule has 0 fully saturated rings. The summed E-state index contributed by atoms with van der Waals surface area (Å²) in [7, 11) is -3.47. The molecule has 1 aliphatic rings. The van der Waals surface area contributed by atoms with Gasteiger partial charge in [0.2, 0.25) is 0 Å². The second kappa shape index (κ2) is 6.58. The molecule has 1 atom stereocenters. The maximum Gasteiger partial charge on any atom is 0.253 e. The molecular weight excluding hydrogens is 350 g/mol. The van der Waals surface area contributed by atoms with E-state index in [1.807, 2.05) is 13.0 Å². The maximum absolute atomic E-state index is 12.9. The van der Waals surface area contributed by atoms with E-state index in [4.69, 9.17) is 4.42 Å². The molecule has 26 heavy (non-hydrogen) atoms. The number of hydrogen-bond acceptors (Lipinski definition) is 4. The number of fused-ring (bicyclic) bond motifs is 1. The minimum absolute atomic E-state index is 0.00967. The standard InChI is InChI=1S/C20H25NO4S/c1-5-26(23,24)18-9-7-6-8-14(18)19(22)21-16-11-20(3,4)12-17-15(16)10-13(2)25-17/h6-10,16H,5,11-12H2,1-4H3,(H,21,22)/t16-/m0/s1. The van der Waals surface area contributed by atoms with Crippen LogP contribution in [0.15, 0.2) is 39.6 Å². The van der Waals surface area contributed by atoms with E-state index >= 15 is 0 Å². The van der Waals surface area contributed by atoms with Crippen LogP contribution in [0, 0.1) is 12.3 Å². The lowest BCUT2D eigenvalue weighted by Crippen LogP contribution is -2.36. The molecule has 0 radical (unpaired) electrons. The lowest BCUT2D eigenvalue weighted by molar-refractivity contribution is 0.0914. The Morgan fingerprint density at radius 2 is 2.00 bits per heavy atom. The van der Waals surface area contributed by atoms with Crippen molar-refractivity contribution in [3.63, 3.8) is 0 Å². The van der Waals surface area contributed by atoms with Gasteiger partial charge in [-0.1, -0.05) is 32.9 Å². The SMILES string of the molecule is CCS(=O)(=O)c1ccccc1C(=O)N[C@H]1CC(C)(C)Cc2oc(C)cc21. The average molecular weight is 375 g/mol. The van der Waals surface area contributed by atoms with Crippen molar-refractivity contribution < 1.29 is 17.6 Å². The van der Waals surface area contributed by atoms with Gasteiger partial charge in [0.1, 0.15) is 11.5 Å². The van der Waals surface area contributed by atoms with Crippen LogP contribution in [0.5, 0.6) is 0 Å². The second-order valence-corrected chi connectivity index (χ2v) is 9.95. The number of rotatable bonds is 4. The van der Waals surface area contributed by atoms with Gasteiger partial charge in [-0.15, -0.1) is 0 Å². The molecule has 0 aliphatic heterocycles. The van der Waals surface area contributed by atoms with E-state index in [1.54, 1.807) is 25.1 Å². The van der Waals surface area contributed by atoms with Gasteiger partial charge in [-0.3, -0.25) is 4.79 Å². The van der Waals surface area contributed by atoms with E-state index in [-0.39, 0.29) is 33.6 Å². The molecule has 140 valence electrons. The molecule has 6 heteroatoms. The summed E-state index contributed by atoms with van der Waals surface area (Å²) in [5.74, 6) is 1.31. The molecule has 1 amide bonds. The molecule has 0 saturated carbocycles. The first-order valence-electron chi connectivity index (χ1n) is 8.85. The Hall–Kier alpha value is -2.08. The quantitative estimate of drug-likeness (QED) is 0.881. The zero-order chi connectivity index (χ0) is 19.1. The summed E-state index contributed by atoms with van der Waals surface area (Å²) >= 11 is 0. The molecule has 0 spiro atoms. The number of benzene rings is 1. The highest BCUT2D eigenvalue weighted by Gasteiger charge is 2.36. The smallest absolute Gasteiger partial charge is 0.253 e. The first kappa shape index (κ1) is 18.7. The van der Waals surface area contributed by atoms with Crippen LogP contribution in [0.4, 0.5) is 0 Å².